The lowest BCUT2D eigenvalue weighted by Gasteiger charge is -2.07. The van der Waals surface area contributed by atoms with E-state index in [9.17, 15) is 9.90 Å². The van der Waals surface area contributed by atoms with Gasteiger partial charge in [-0.15, -0.1) is 0 Å². The Labute approximate surface area is 144 Å². The van der Waals surface area contributed by atoms with Crippen LogP contribution < -0.4 is 5.43 Å². The van der Waals surface area contributed by atoms with Crippen LogP contribution in [0, 0.1) is 11.3 Å². The molecule has 5 nitrogen and oxygen atoms in total. The molecule has 0 fully saturated rings. The number of phenolic OH excluding ortho intramolecular Hbond substituents is 1. The molecule has 0 aliphatic rings. The number of benzene rings is 3. The van der Waals surface area contributed by atoms with E-state index >= 15 is 0 Å². The van der Waals surface area contributed by atoms with Crippen molar-refractivity contribution in [2.45, 2.75) is 6.92 Å². The predicted octanol–water partition coefficient (Wildman–Crippen LogP) is 3.57. The molecular weight excluding hydrogens is 314 g/mol. The summed E-state index contributed by atoms with van der Waals surface area (Å²) in [6.07, 6.45) is 0. The molecule has 1 amide bonds. The van der Waals surface area contributed by atoms with Crippen LogP contribution in [0.4, 0.5) is 0 Å². The number of nitrogens with one attached hydrogen (secondary N) is 1. The van der Waals surface area contributed by atoms with Crippen LogP contribution in [0.5, 0.6) is 5.75 Å². The van der Waals surface area contributed by atoms with Gasteiger partial charge >= 0.3 is 0 Å². The van der Waals surface area contributed by atoms with Gasteiger partial charge in [0.1, 0.15) is 5.75 Å². The Balaban J connectivity index is 1.82. The zero-order valence-electron chi connectivity index (χ0n) is 13.5. The van der Waals surface area contributed by atoms with Crippen LogP contribution in [0.15, 0.2) is 65.8 Å². The van der Waals surface area contributed by atoms with Crippen molar-refractivity contribution in [1.29, 1.82) is 5.26 Å². The normalized spacial score (nSPS) is 11.1. The van der Waals surface area contributed by atoms with Crippen molar-refractivity contribution >= 4 is 22.4 Å². The number of hydrogen-bond donors (Lipinski definition) is 2. The largest absolute Gasteiger partial charge is 0.507 e. The summed E-state index contributed by atoms with van der Waals surface area (Å²) >= 11 is 0. The summed E-state index contributed by atoms with van der Waals surface area (Å²) in [6, 6.07) is 19.6. The number of nitrogens with zero attached hydrogens (tertiary/aromatic N) is 2. The number of amides is 1. The molecule has 0 bridgehead atoms. The Morgan fingerprint density at radius 3 is 2.36 bits per heavy atom. The molecule has 0 radical (unpaired) electrons. The molecule has 0 spiro atoms. The first-order valence-electron chi connectivity index (χ1n) is 7.65. The number of hydrogen-bond acceptors (Lipinski definition) is 4. The second-order valence-electron chi connectivity index (χ2n) is 5.54. The van der Waals surface area contributed by atoms with Gasteiger partial charge in [-0.3, -0.25) is 4.79 Å². The highest BCUT2D eigenvalue weighted by atomic mass is 16.3. The third-order valence-electron chi connectivity index (χ3n) is 3.87. The van der Waals surface area contributed by atoms with Crippen molar-refractivity contribution in [2.24, 2.45) is 5.10 Å². The van der Waals surface area contributed by atoms with Gasteiger partial charge in [0.15, 0.2) is 0 Å². The number of aromatic hydroxyl groups is 1. The summed E-state index contributed by atoms with van der Waals surface area (Å²) in [5, 5.41) is 24.7. The van der Waals surface area contributed by atoms with Gasteiger partial charge in [-0.1, -0.05) is 36.4 Å². The maximum absolute atomic E-state index is 12.3. The Bertz CT molecular complexity index is 1020. The molecule has 0 unspecified atom stereocenters. The average molecular weight is 329 g/mol. The van der Waals surface area contributed by atoms with Crippen LogP contribution in [-0.2, 0) is 0 Å². The standard InChI is InChI=1S/C20H15N3O2/c1-13(15-8-6-14(12-21)7-9-15)22-23-20(25)18-10-16-4-2-3-5-17(16)11-19(18)24/h2-11,24H,1H3,(H,23,25)/b22-13+. The van der Waals surface area contributed by atoms with Crippen molar-refractivity contribution < 1.29 is 9.90 Å². The molecule has 0 aliphatic heterocycles. The van der Waals surface area contributed by atoms with Crippen molar-refractivity contribution in [3.8, 4) is 11.8 Å². The van der Waals surface area contributed by atoms with Crippen LogP contribution in [0.25, 0.3) is 10.8 Å². The van der Waals surface area contributed by atoms with E-state index in [1.54, 1.807) is 43.3 Å². The Morgan fingerprint density at radius 2 is 1.72 bits per heavy atom. The summed E-state index contributed by atoms with van der Waals surface area (Å²) in [5.74, 6) is -0.585. The Hall–Kier alpha value is -3.65. The topological polar surface area (TPSA) is 85.5 Å². The first-order chi connectivity index (χ1) is 12.1. The molecule has 5 heteroatoms. The minimum absolute atomic E-state index is 0.0950. The lowest BCUT2D eigenvalue weighted by molar-refractivity contribution is 0.0952. The van der Waals surface area contributed by atoms with Crippen molar-refractivity contribution in [3.63, 3.8) is 0 Å². The zero-order chi connectivity index (χ0) is 17.8. The summed E-state index contributed by atoms with van der Waals surface area (Å²) in [7, 11) is 0. The fourth-order valence-electron chi connectivity index (χ4n) is 2.46. The second kappa shape index (κ2) is 6.85. The third-order valence-corrected chi connectivity index (χ3v) is 3.87. The number of hydrazone groups is 1. The smallest absolute Gasteiger partial charge is 0.275 e. The fraction of sp³-hybridized carbons (Fsp3) is 0.0500. The molecular formula is C20H15N3O2. The molecule has 25 heavy (non-hydrogen) atoms. The minimum Gasteiger partial charge on any atom is -0.507 e. The van der Waals surface area contributed by atoms with E-state index in [1.165, 1.54) is 0 Å². The number of carbonyl (C=O) groups is 1. The maximum atomic E-state index is 12.3. The number of phenols is 1. The molecule has 0 heterocycles. The van der Waals surface area contributed by atoms with Crippen LogP contribution in [0.1, 0.15) is 28.4 Å². The zero-order valence-corrected chi connectivity index (χ0v) is 13.5. The van der Waals surface area contributed by atoms with E-state index < -0.39 is 5.91 Å². The summed E-state index contributed by atoms with van der Waals surface area (Å²) in [5.41, 5.74) is 4.56. The average Bonchev–Trinajstić information content (AvgIpc) is 2.65. The molecule has 0 saturated heterocycles. The van der Waals surface area contributed by atoms with Gasteiger partial charge in [-0.05, 0) is 47.5 Å². The fourth-order valence-corrected chi connectivity index (χ4v) is 2.46. The SMILES string of the molecule is C/C(=N\NC(=O)c1cc2ccccc2cc1O)c1ccc(C#N)cc1. The Kier molecular flexibility index (Phi) is 4.44. The van der Waals surface area contributed by atoms with Crippen LogP contribution in [-0.4, -0.2) is 16.7 Å². The van der Waals surface area contributed by atoms with Gasteiger partial charge < -0.3 is 5.11 Å². The Morgan fingerprint density at radius 1 is 1.08 bits per heavy atom. The highest BCUT2D eigenvalue weighted by molar-refractivity contribution is 6.03. The van der Waals surface area contributed by atoms with E-state index in [0.29, 0.717) is 11.3 Å². The van der Waals surface area contributed by atoms with Gasteiger partial charge in [0, 0.05) is 0 Å². The molecule has 122 valence electrons. The van der Waals surface area contributed by atoms with E-state index in [4.69, 9.17) is 5.26 Å². The van der Waals surface area contributed by atoms with Gasteiger partial charge in [-0.2, -0.15) is 10.4 Å². The van der Waals surface area contributed by atoms with E-state index in [1.807, 2.05) is 30.3 Å². The summed E-state index contributed by atoms with van der Waals surface area (Å²) < 4.78 is 0. The molecule has 3 aromatic rings. The lowest BCUT2D eigenvalue weighted by atomic mass is 10.1. The van der Waals surface area contributed by atoms with Gasteiger partial charge in [-0.25, -0.2) is 5.43 Å². The highest BCUT2D eigenvalue weighted by Crippen LogP contribution is 2.24. The molecule has 2 N–H and O–H groups in total. The van der Waals surface area contributed by atoms with Gasteiger partial charge in [0.05, 0.1) is 22.9 Å². The maximum Gasteiger partial charge on any atom is 0.275 e. The highest BCUT2D eigenvalue weighted by Gasteiger charge is 2.12. The monoisotopic (exact) mass is 329 g/mol. The predicted molar refractivity (Wildman–Crippen MR) is 96.4 cm³/mol. The molecule has 0 atom stereocenters. The van der Waals surface area contributed by atoms with Gasteiger partial charge in [0.2, 0.25) is 0 Å². The minimum atomic E-state index is -0.490. The van der Waals surface area contributed by atoms with Crippen LogP contribution in [0.2, 0.25) is 0 Å². The molecule has 3 rings (SSSR count). The van der Waals surface area contributed by atoms with E-state index in [2.05, 4.69) is 10.5 Å². The third kappa shape index (κ3) is 3.48. The van der Waals surface area contributed by atoms with Crippen LogP contribution in [0.3, 0.4) is 0 Å². The molecule has 0 aromatic heterocycles. The van der Waals surface area contributed by atoms with Gasteiger partial charge in [0.25, 0.3) is 5.91 Å². The van der Waals surface area contributed by atoms with E-state index in [-0.39, 0.29) is 11.3 Å². The molecule has 3 aromatic carbocycles. The molecule has 0 saturated carbocycles. The number of fused-ring (bicyclic) bond motifs is 1. The first-order valence-corrected chi connectivity index (χ1v) is 7.65. The van der Waals surface area contributed by atoms with Crippen molar-refractivity contribution in [2.75, 3.05) is 0 Å². The number of nitriles is 1. The number of carbonyl (C=O) groups excluding carboxylic acids is 1. The summed E-state index contributed by atoms with van der Waals surface area (Å²) in [4.78, 5) is 12.3. The van der Waals surface area contributed by atoms with E-state index in [0.717, 1.165) is 16.3 Å². The summed E-state index contributed by atoms with van der Waals surface area (Å²) in [6.45, 7) is 1.75. The quantitative estimate of drug-likeness (QED) is 0.569. The molecule has 0 aliphatic carbocycles. The van der Waals surface area contributed by atoms with Crippen LogP contribution >= 0.6 is 0 Å². The second-order valence-corrected chi connectivity index (χ2v) is 5.54. The lowest BCUT2D eigenvalue weighted by Crippen LogP contribution is -2.19. The number of rotatable bonds is 3. The first kappa shape index (κ1) is 16.2. The van der Waals surface area contributed by atoms with Crippen molar-refractivity contribution in [3.05, 3.63) is 77.4 Å². The van der Waals surface area contributed by atoms with Crippen molar-refractivity contribution in [1.82, 2.24) is 5.43 Å².